The van der Waals surface area contributed by atoms with Crippen molar-refractivity contribution in [1.82, 2.24) is 15.5 Å². The fourth-order valence-corrected chi connectivity index (χ4v) is 3.68. The number of alkyl carbamates (subject to hydrolysis) is 1. The maximum Gasteiger partial charge on any atom is 0.408 e. The average Bonchev–Trinajstić information content (AvgIpc) is 3.28. The third kappa shape index (κ3) is 16.5. The van der Waals surface area contributed by atoms with Gasteiger partial charge >= 0.3 is 12.1 Å². The number of ether oxygens (including phenoxy) is 1. The van der Waals surface area contributed by atoms with Gasteiger partial charge in [-0.3, -0.25) is 9.59 Å². The second kappa shape index (κ2) is 20.6. The molecule has 3 amide bonds. The number of hydrogen-bond donors (Lipinski definition) is 3. The lowest BCUT2D eigenvalue weighted by atomic mass is 9.69. The van der Waals surface area contributed by atoms with Crippen molar-refractivity contribution in [3.8, 4) is 0 Å². The van der Waals surface area contributed by atoms with Gasteiger partial charge in [-0.15, -0.1) is 0 Å². The molecule has 1 saturated heterocycles. The minimum Gasteiger partial charge on any atom is -0.480 e. The maximum atomic E-state index is 12.6. The molecule has 0 bridgehead atoms. The van der Waals surface area contributed by atoms with E-state index >= 15 is 0 Å². The predicted molar refractivity (Wildman–Crippen MR) is 155 cm³/mol. The number of rotatable bonds is 5. The van der Waals surface area contributed by atoms with E-state index in [1.54, 1.807) is 20.8 Å². The van der Waals surface area contributed by atoms with Crippen LogP contribution in [0.25, 0.3) is 0 Å². The van der Waals surface area contributed by atoms with E-state index in [1.165, 1.54) is 11.3 Å². The van der Waals surface area contributed by atoms with E-state index in [-0.39, 0.29) is 12.5 Å². The Morgan fingerprint density at radius 2 is 1.47 bits per heavy atom. The molecule has 0 spiro atoms. The predicted octanol–water partition coefficient (Wildman–Crippen LogP) is 6.00. The zero-order valence-electron chi connectivity index (χ0n) is 26.6. The Bertz CT molecular complexity index is 680. The van der Waals surface area contributed by atoms with Crippen LogP contribution in [0.1, 0.15) is 122 Å². The lowest BCUT2D eigenvalue weighted by molar-refractivity contribution is -0.155. The summed E-state index contributed by atoms with van der Waals surface area (Å²) in [5.74, 6) is -0.825. The molecule has 1 unspecified atom stereocenters. The zero-order valence-corrected chi connectivity index (χ0v) is 26.6. The Labute approximate surface area is 232 Å². The van der Waals surface area contributed by atoms with Gasteiger partial charge in [-0.2, -0.15) is 0 Å². The molecule has 0 aromatic rings. The van der Waals surface area contributed by atoms with Crippen molar-refractivity contribution < 1.29 is 29.0 Å². The largest absolute Gasteiger partial charge is 0.480 e. The van der Waals surface area contributed by atoms with E-state index in [4.69, 9.17) is 4.74 Å². The number of hydrogen-bond acceptors (Lipinski definition) is 5. The molecule has 1 heterocycles. The van der Waals surface area contributed by atoms with E-state index in [1.807, 2.05) is 34.6 Å². The minimum absolute atomic E-state index is 0.237. The molecule has 0 aromatic carbocycles. The summed E-state index contributed by atoms with van der Waals surface area (Å²) in [5.41, 5.74) is -1.91. The van der Waals surface area contributed by atoms with Crippen molar-refractivity contribution in [1.29, 1.82) is 0 Å². The lowest BCUT2D eigenvalue weighted by Crippen LogP contribution is -2.64. The van der Waals surface area contributed by atoms with E-state index in [9.17, 15) is 24.3 Å². The summed E-state index contributed by atoms with van der Waals surface area (Å²) in [6, 6.07) is -0.718. The summed E-state index contributed by atoms with van der Waals surface area (Å²) in [7, 11) is 0. The van der Waals surface area contributed by atoms with Crippen LogP contribution >= 0.6 is 0 Å². The van der Waals surface area contributed by atoms with Gasteiger partial charge in [0.05, 0.1) is 0 Å². The van der Waals surface area contributed by atoms with Gasteiger partial charge in [0.25, 0.3) is 0 Å². The first-order valence-corrected chi connectivity index (χ1v) is 14.4. The SMILES string of the molecule is CC.CC.CC(C)C.CC1CC(NC(=O)C2CCCN2C(=O)CNC(=O)OC(C)(C)C)(C(=O)O)C1.CCC. The van der Waals surface area contributed by atoms with Gasteiger partial charge in [-0.05, 0) is 58.3 Å². The first-order chi connectivity index (χ1) is 17.6. The molecule has 9 heteroatoms. The Morgan fingerprint density at radius 3 is 1.84 bits per heavy atom. The number of amides is 3. The molecular formula is C29H59N3O6. The van der Waals surface area contributed by atoms with Gasteiger partial charge < -0.3 is 25.4 Å². The number of nitrogens with zero attached hydrogens (tertiary/aromatic N) is 1. The van der Waals surface area contributed by atoms with Gasteiger partial charge in [-0.25, -0.2) is 9.59 Å². The van der Waals surface area contributed by atoms with E-state index in [2.05, 4.69) is 45.3 Å². The normalized spacial score (nSPS) is 21.3. The highest BCUT2D eigenvalue weighted by Crippen LogP contribution is 2.38. The van der Waals surface area contributed by atoms with Crippen molar-refractivity contribution >= 4 is 23.9 Å². The highest BCUT2D eigenvalue weighted by atomic mass is 16.6. The van der Waals surface area contributed by atoms with Gasteiger partial charge in [0.15, 0.2) is 0 Å². The molecule has 3 N–H and O–H groups in total. The number of carboxylic acids is 1. The molecule has 1 saturated carbocycles. The van der Waals surface area contributed by atoms with Crippen LogP contribution in [0, 0.1) is 11.8 Å². The van der Waals surface area contributed by atoms with Crippen LogP contribution in [0.3, 0.4) is 0 Å². The quantitative estimate of drug-likeness (QED) is 0.389. The Morgan fingerprint density at radius 1 is 1.03 bits per heavy atom. The monoisotopic (exact) mass is 545 g/mol. The fraction of sp³-hybridized carbons (Fsp3) is 0.862. The summed E-state index contributed by atoms with van der Waals surface area (Å²) in [6.45, 7) is 25.9. The second-order valence-electron chi connectivity index (χ2n) is 10.9. The van der Waals surface area contributed by atoms with Crippen molar-refractivity contribution in [2.75, 3.05) is 13.1 Å². The molecular weight excluding hydrogens is 486 g/mol. The number of nitrogens with one attached hydrogen (secondary N) is 2. The second-order valence-corrected chi connectivity index (χ2v) is 10.9. The summed E-state index contributed by atoms with van der Waals surface area (Å²) < 4.78 is 5.08. The molecule has 226 valence electrons. The van der Waals surface area contributed by atoms with Crippen LogP contribution in [-0.2, 0) is 19.1 Å². The van der Waals surface area contributed by atoms with Gasteiger partial charge in [0.1, 0.15) is 23.7 Å². The summed E-state index contributed by atoms with van der Waals surface area (Å²) in [4.78, 5) is 49.7. The molecule has 38 heavy (non-hydrogen) atoms. The van der Waals surface area contributed by atoms with Crippen molar-refractivity contribution in [2.24, 2.45) is 11.8 Å². The van der Waals surface area contributed by atoms with Crippen LogP contribution in [0.15, 0.2) is 0 Å². The Hall–Kier alpha value is -2.32. The van der Waals surface area contributed by atoms with Crippen molar-refractivity contribution in [2.45, 2.75) is 139 Å². The van der Waals surface area contributed by atoms with Crippen LogP contribution < -0.4 is 10.6 Å². The molecule has 2 fully saturated rings. The molecule has 0 aromatic heterocycles. The van der Waals surface area contributed by atoms with Crippen molar-refractivity contribution in [3.63, 3.8) is 0 Å². The summed E-state index contributed by atoms with van der Waals surface area (Å²) in [6.07, 6.45) is 2.43. The third-order valence-electron chi connectivity index (χ3n) is 4.82. The first kappa shape index (κ1) is 40.2. The number of likely N-dealkylation sites (tertiary alicyclic amines) is 1. The average molecular weight is 546 g/mol. The molecule has 1 aliphatic carbocycles. The van der Waals surface area contributed by atoms with E-state index < -0.39 is 41.1 Å². The Balaban J connectivity index is -0.000000961. The molecule has 1 aliphatic heterocycles. The zero-order chi connectivity index (χ0) is 30.7. The van der Waals surface area contributed by atoms with Gasteiger partial charge in [0, 0.05) is 6.54 Å². The smallest absolute Gasteiger partial charge is 0.408 e. The van der Waals surface area contributed by atoms with Crippen LogP contribution in [0.5, 0.6) is 0 Å². The van der Waals surface area contributed by atoms with Gasteiger partial charge in [-0.1, -0.05) is 75.7 Å². The van der Waals surface area contributed by atoms with E-state index in [0.29, 0.717) is 32.2 Å². The molecule has 0 radical (unpaired) electrons. The van der Waals surface area contributed by atoms with Crippen LogP contribution in [0.2, 0.25) is 0 Å². The first-order valence-electron chi connectivity index (χ1n) is 14.4. The summed E-state index contributed by atoms with van der Waals surface area (Å²) in [5, 5.41) is 14.5. The molecule has 2 aliphatic rings. The number of carbonyl (C=O) groups is 4. The topological polar surface area (TPSA) is 125 Å². The highest BCUT2D eigenvalue weighted by molar-refractivity contribution is 5.93. The van der Waals surface area contributed by atoms with E-state index in [0.717, 1.165) is 5.92 Å². The van der Waals surface area contributed by atoms with Gasteiger partial charge in [0.2, 0.25) is 11.8 Å². The standard InChI is InChI=1S/C18H29N3O6.C4H10.C3H8.2C2H6/c1-11-8-18(9-11,15(24)25)20-14(23)12-6-5-7-21(12)13(22)10-19-16(26)27-17(2,3)4;1-4(2)3;1-3-2;2*1-2/h11-12H,5-10H2,1-4H3,(H,19,26)(H,20,23)(H,24,25);4H,1-3H3;3H2,1-2H3;2*1-2H3. The van der Waals surface area contributed by atoms with Crippen molar-refractivity contribution in [3.05, 3.63) is 0 Å². The number of carbonyl (C=O) groups excluding carboxylic acids is 3. The number of carboxylic acid groups (broad SMARTS) is 1. The molecule has 1 atom stereocenters. The highest BCUT2D eigenvalue weighted by Gasteiger charge is 2.51. The number of aliphatic carboxylic acids is 1. The molecule has 9 nitrogen and oxygen atoms in total. The van der Waals surface area contributed by atoms with Crippen LogP contribution in [-0.4, -0.2) is 64.2 Å². The summed E-state index contributed by atoms with van der Waals surface area (Å²) >= 11 is 0. The third-order valence-corrected chi connectivity index (χ3v) is 4.82. The Kier molecular flexibility index (Phi) is 21.8. The lowest BCUT2D eigenvalue weighted by Gasteiger charge is -2.44. The fourth-order valence-electron chi connectivity index (χ4n) is 3.68. The minimum atomic E-state index is -1.23. The molecule has 2 rings (SSSR count). The van der Waals surface area contributed by atoms with Crippen LogP contribution in [0.4, 0.5) is 4.79 Å². The maximum absolute atomic E-state index is 12.6.